The van der Waals surface area contributed by atoms with Gasteiger partial charge < -0.3 is 5.32 Å². The molecule has 19 heavy (non-hydrogen) atoms. The summed E-state index contributed by atoms with van der Waals surface area (Å²) >= 11 is 1.67. The van der Waals surface area contributed by atoms with Crippen molar-refractivity contribution in [1.82, 2.24) is 0 Å². The van der Waals surface area contributed by atoms with E-state index in [0.717, 1.165) is 24.7 Å². The topological polar surface area (TPSA) is 29.1 Å². The third-order valence-electron chi connectivity index (χ3n) is 3.02. The van der Waals surface area contributed by atoms with Gasteiger partial charge >= 0.3 is 6.18 Å². The van der Waals surface area contributed by atoms with Gasteiger partial charge in [0.15, 0.2) is 0 Å². The van der Waals surface area contributed by atoms with Crippen molar-refractivity contribution in [2.45, 2.75) is 19.0 Å². The number of anilines is 1. The highest BCUT2D eigenvalue weighted by Gasteiger charge is 2.34. The maximum Gasteiger partial charge on any atom is 0.418 e. The number of alkyl halides is 3. The van der Waals surface area contributed by atoms with Gasteiger partial charge in [0.25, 0.3) is 0 Å². The molecule has 2 rings (SSSR count). The molecule has 2 nitrogen and oxygen atoms in total. The van der Waals surface area contributed by atoms with E-state index in [-0.39, 0.29) is 17.5 Å². The van der Waals surface area contributed by atoms with E-state index < -0.39 is 11.7 Å². The number of halogens is 3. The van der Waals surface area contributed by atoms with Crippen LogP contribution in [0.4, 0.5) is 18.9 Å². The number of nitrogens with one attached hydrogen (secondary N) is 1. The van der Waals surface area contributed by atoms with Gasteiger partial charge in [-0.2, -0.15) is 24.9 Å². The van der Waals surface area contributed by atoms with Crippen LogP contribution in [0.25, 0.3) is 0 Å². The van der Waals surface area contributed by atoms with Crippen molar-refractivity contribution in [3.05, 3.63) is 29.8 Å². The molecule has 1 saturated heterocycles. The number of para-hydroxylation sites is 1. The highest BCUT2D eigenvalue weighted by Crippen LogP contribution is 2.35. The first-order valence-corrected chi connectivity index (χ1v) is 7.19. The molecule has 104 valence electrons. The number of thioether (sulfide) groups is 1. The minimum atomic E-state index is -4.45. The summed E-state index contributed by atoms with van der Waals surface area (Å²) in [5.74, 6) is 1.19. The summed E-state index contributed by atoms with van der Waals surface area (Å²) in [6, 6.07) is 5.07. The lowest BCUT2D eigenvalue weighted by atomic mass is 10.0. The Hall–Kier alpha value is -1.17. The number of hydrogen-bond donors (Lipinski definition) is 1. The molecule has 0 radical (unpaired) electrons. The quantitative estimate of drug-likeness (QED) is 0.897. The van der Waals surface area contributed by atoms with Crippen LogP contribution in [0.15, 0.2) is 24.3 Å². The van der Waals surface area contributed by atoms with E-state index in [1.165, 1.54) is 18.2 Å². The van der Waals surface area contributed by atoms with Crippen molar-refractivity contribution in [3.8, 4) is 0 Å². The molecule has 1 aliphatic rings. The Kier molecular flexibility index (Phi) is 4.39. The SMILES string of the molecule is O=C(Nc1ccccc1C(F)(F)F)C1CCCSC1. The molecule has 1 unspecified atom stereocenters. The fourth-order valence-electron chi connectivity index (χ4n) is 2.02. The van der Waals surface area contributed by atoms with Crippen LogP contribution in [-0.4, -0.2) is 17.4 Å². The van der Waals surface area contributed by atoms with Gasteiger partial charge in [-0.3, -0.25) is 4.79 Å². The summed E-state index contributed by atoms with van der Waals surface area (Å²) in [7, 11) is 0. The molecule has 1 aliphatic heterocycles. The Morgan fingerprint density at radius 1 is 1.32 bits per heavy atom. The first kappa shape index (κ1) is 14.2. The average Bonchev–Trinajstić information content (AvgIpc) is 2.39. The molecular formula is C13H14F3NOS. The second-order valence-electron chi connectivity index (χ2n) is 4.45. The molecule has 0 aromatic heterocycles. The second-order valence-corrected chi connectivity index (χ2v) is 5.60. The fourth-order valence-corrected chi connectivity index (χ4v) is 3.16. The zero-order chi connectivity index (χ0) is 13.9. The van der Waals surface area contributed by atoms with E-state index >= 15 is 0 Å². The Labute approximate surface area is 113 Å². The van der Waals surface area contributed by atoms with Crippen molar-refractivity contribution in [2.24, 2.45) is 5.92 Å². The number of carbonyl (C=O) groups excluding carboxylic acids is 1. The van der Waals surface area contributed by atoms with Gasteiger partial charge in [-0.1, -0.05) is 12.1 Å². The molecule has 0 spiro atoms. The zero-order valence-corrected chi connectivity index (χ0v) is 11.0. The molecule has 0 saturated carbocycles. The Morgan fingerprint density at radius 2 is 2.05 bits per heavy atom. The number of benzene rings is 1. The number of rotatable bonds is 2. The summed E-state index contributed by atoms with van der Waals surface area (Å²) in [5, 5.41) is 2.41. The van der Waals surface area contributed by atoms with Gasteiger partial charge in [0, 0.05) is 11.7 Å². The van der Waals surface area contributed by atoms with Gasteiger partial charge in [-0.25, -0.2) is 0 Å². The van der Waals surface area contributed by atoms with Gasteiger partial charge in [-0.05, 0) is 30.7 Å². The Morgan fingerprint density at radius 3 is 2.68 bits per heavy atom. The number of hydrogen-bond acceptors (Lipinski definition) is 2. The van der Waals surface area contributed by atoms with Gasteiger partial charge in [0.2, 0.25) is 5.91 Å². The summed E-state index contributed by atoms with van der Waals surface area (Å²) in [6.07, 6.45) is -2.78. The van der Waals surface area contributed by atoms with E-state index in [2.05, 4.69) is 5.32 Å². The van der Waals surface area contributed by atoms with Crippen LogP contribution in [-0.2, 0) is 11.0 Å². The Balaban J connectivity index is 2.12. The first-order chi connectivity index (χ1) is 8.98. The Bertz CT molecular complexity index is 455. The monoisotopic (exact) mass is 289 g/mol. The van der Waals surface area contributed by atoms with Crippen molar-refractivity contribution < 1.29 is 18.0 Å². The highest BCUT2D eigenvalue weighted by molar-refractivity contribution is 7.99. The largest absolute Gasteiger partial charge is 0.418 e. The van der Waals surface area contributed by atoms with Gasteiger partial charge in [0.1, 0.15) is 0 Å². The summed E-state index contributed by atoms with van der Waals surface area (Å²) in [6.45, 7) is 0. The molecule has 0 aliphatic carbocycles. The first-order valence-electron chi connectivity index (χ1n) is 6.03. The normalized spacial score (nSPS) is 20.1. The lowest BCUT2D eigenvalue weighted by molar-refractivity contribution is -0.137. The van der Waals surface area contributed by atoms with Crippen LogP contribution >= 0.6 is 11.8 Å². The summed E-state index contributed by atoms with van der Waals surface area (Å²) in [5.41, 5.74) is -0.956. The molecule has 1 aromatic rings. The minimum absolute atomic E-state index is 0.157. The van der Waals surface area contributed by atoms with Crippen LogP contribution < -0.4 is 5.32 Å². The minimum Gasteiger partial charge on any atom is -0.325 e. The maximum absolute atomic E-state index is 12.8. The zero-order valence-electron chi connectivity index (χ0n) is 10.2. The number of amides is 1. The van der Waals surface area contributed by atoms with Crippen LogP contribution in [0.3, 0.4) is 0 Å². The molecule has 1 N–H and O–H groups in total. The summed E-state index contributed by atoms with van der Waals surface area (Å²) in [4.78, 5) is 12.0. The third kappa shape index (κ3) is 3.65. The van der Waals surface area contributed by atoms with E-state index in [1.54, 1.807) is 11.8 Å². The maximum atomic E-state index is 12.8. The van der Waals surface area contributed by atoms with Crippen LogP contribution in [0.5, 0.6) is 0 Å². The van der Waals surface area contributed by atoms with Crippen molar-refractivity contribution >= 4 is 23.4 Å². The number of carbonyl (C=O) groups is 1. The van der Waals surface area contributed by atoms with Gasteiger partial charge in [0.05, 0.1) is 11.3 Å². The van der Waals surface area contributed by atoms with Crippen LogP contribution in [0.1, 0.15) is 18.4 Å². The highest BCUT2D eigenvalue weighted by atomic mass is 32.2. The molecule has 1 aromatic carbocycles. The summed E-state index contributed by atoms with van der Waals surface area (Å²) < 4.78 is 38.4. The lowest BCUT2D eigenvalue weighted by Gasteiger charge is -2.21. The fraction of sp³-hybridized carbons (Fsp3) is 0.462. The molecule has 0 bridgehead atoms. The lowest BCUT2D eigenvalue weighted by Crippen LogP contribution is -2.28. The third-order valence-corrected chi connectivity index (χ3v) is 4.24. The molecule has 1 atom stereocenters. The van der Waals surface area contributed by atoms with Crippen molar-refractivity contribution in [3.63, 3.8) is 0 Å². The average molecular weight is 289 g/mol. The van der Waals surface area contributed by atoms with E-state index in [0.29, 0.717) is 5.75 Å². The van der Waals surface area contributed by atoms with E-state index in [4.69, 9.17) is 0 Å². The van der Waals surface area contributed by atoms with Gasteiger partial charge in [-0.15, -0.1) is 0 Å². The van der Waals surface area contributed by atoms with Crippen LogP contribution in [0.2, 0.25) is 0 Å². The van der Waals surface area contributed by atoms with Crippen molar-refractivity contribution in [2.75, 3.05) is 16.8 Å². The molecule has 1 amide bonds. The molecular weight excluding hydrogens is 275 g/mol. The van der Waals surface area contributed by atoms with Crippen LogP contribution in [0, 0.1) is 5.92 Å². The molecule has 6 heteroatoms. The molecule has 1 fully saturated rings. The van der Waals surface area contributed by atoms with Crippen molar-refractivity contribution in [1.29, 1.82) is 0 Å². The van der Waals surface area contributed by atoms with E-state index in [1.807, 2.05) is 0 Å². The predicted molar refractivity (Wildman–Crippen MR) is 70.1 cm³/mol. The molecule has 1 heterocycles. The smallest absolute Gasteiger partial charge is 0.325 e. The standard InChI is InChI=1S/C13H14F3NOS/c14-13(15,16)10-5-1-2-6-11(10)17-12(18)9-4-3-7-19-8-9/h1-2,5-6,9H,3-4,7-8H2,(H,17,18). The van der Waals surface area contributed by atoms with E-state index in [9.17, 15) is 18.0 Å². The second kappa shape index (κ2) is 5.86. The predicted octanol–water partition coefficient (Wildman–Crippen LogP) is 3.79.